The van der Waals surface area contributed by atoms with E-state index in [1.165, 1.54) is 0 Å². The van der Waals surface area contributed by atoms with Crippen molar-refractivity contribution in [2.24, 2.45) is 5.92 Å². The van der Waals surface area contributed by atoms with Crippen LogP contribution in [0.15, 0.2) is 5.38 Å². The fourth-order valence-corrected chi connectivity index (χ4v) is 4.66. The minimum absolute atomic E-state index is 0.141. The zero-order valence-corrected chi connectivity index (χ0v) is 14.9. The van der Waals surface area contributed by atoms with Crippen molar-refractivity contribution < 1.29 is 9.90 Å². The predicted octanol–water partition coefficient (Wildman–Crippen LogP) is 2.43. The maximum Gasteiger partial charge on any atom is 0.226 e. The number of hydrogen-bond donors (Lipinski definition) is 1. The molecule has 0 radical (unpaired) electrons. The van der Waals surface area contributed by atoms with Crippen molar-refractivity contribution in [3.05, 3.63) is 11.1 Å². The van der Waals surface area contributed by atoms with Gasteiger partial charge in [0.25, 0.3) is 0 Å². The number of hydrogen-bond acceptors (Lipinski definition) is 5. The Morgan fingerprint density at radius 1 is 1.39 bits per heavy atom. The number of aromatic nitrogens is 1. The lowest BCUT2D eigenvalue weighted by atomic mass is 9.95. The van der Waals surface area contributed by atoms with Crippen molar-refractivity contribution in [3.8, 4) is 0 Å². The van der Waals surface area contributed by atoms with Crippen molar-refractivity contribution in [1.82, 2.24) is 9.88 Å². The van der Waals surface area contributed by atoms with Crippen LogP contribution in [0.25, 0.3) is 0 Å². The van der Waals surface area contributed by atoms with Crippen LogP contribution in [0.2, 0.25) is 0 Å². The molecule has 23 heavy (non-hydrogen) atoms. The van der Waals surface area contributed by atoms with E-state index in [0.29, 0.717) is 12.3 Å². The van der Waals surface area contributed by atoms with Gasteiger partial charge in [0.05, 0.1) is 11.8 Å². The molecule has 0 aromatic carbocycles. The second kappa shape index (κ2) is 7.18. The monoisotopic (exact) mass is 337 g/mol. The summed E-state index contributed by atoms with van der Waals surface area (Å²) in [7, 11) is 0. The highest BCUT2D eigenvalue weighted by Crippen LogP contribution is 2.30. The topological polar surface area (TPSA) is 56.7 Å². The fraction of sp³-hybridized carbons (Fsp3) is 0.765. The first-order chi connectivity index (χ1) is 11.0. The molecule has 1 aromatic heterocycles. The van der Waals surface area contributed by atoms with Gasteiger partial charge in [-0.05, 0) is 46.0 Å². The Morgan fingerprint density at radius 2 is 2.13 bits per heavy atom. The van der Waals surface area contributed by atoms with Gasteiger partial charge < -0.3 is 14.9 Å². The van der Waals surface area contributed by atoms with E-state index in [1.54, 1.807) is 11.3 Å². The summed E-state index contributed by atoms with van der Waals surface area (Å²) >= 11 is 1.69. The number of nitrogens with zero attached hydrogens (tertiary/aromatic N) is 3. The molecule has 0 spiro atoms. The molecule has 128 valence electrons. The van der Waals surface area contributed by atoms with E-state index in [9.17, 15) is 9.90 Å². The van der Waals surface area contributed by atoms with Gasteiger partial charge in [-0.25, -0.2) is 4.98 Å². The molecule has 0 saturated carbocycles. The Balaban J connectivity index is 1.55. The first-order valence-corrected chi connectivity index (χ1v) is 9.58. The Kier molecular flexibility index (Phi) is 5.21. The highest BCUT2D eigenvalue weighted by Gasteiger charge is 2.35. The van der Waals surface area contributed by atoms with Crippen molar-refractivity contribution in [2.45, 2.75) is 58.1 Å². The third-order valence-corrected chi connectivity index (χ3v) is 6.01. The molecule has 0 bridgehead atoms. The third kappa shape index (κ3) is 3.86. The lowest BCUT2D eigenvalue weighted by molar-refractivity contribution is -0.137. The quantitative estimate of drug-likeness (QED) is 0.917. The molecular formula is C17H27N3O2S. The van der Waals surface area contributed by atoms with Gasteiger partial charge in [-0.3, -0.25) is 4.79 Å². The normalized spacial score (nSPS) is 24.2. The smallest absolute Gasteiger partial charge is 0.226 e. The Labute approximate surface area is 142 Å². The Bertz CT molecular complexity index is 538. The van der Waals surface area contributed by atoms with Crippen LogP contribution in [0.1, 0.15) is 44.7 Å². The molecule has 2 unspecified atom stereocenters. The van der Waals surface area contributed by atoms with Crippen molar-refractivity contribution in [3.63, 3.8) is 0 Å². The maximum absolute atomic E-state index is 12.9. The lowest BCUT2D eigenvalue weighted by Gasteiger charge is -2.35. The number of amides is 1. The summed E-state index contributed by atoms with van der Waals surface area (Å²) in [6.45, 7) is 6.53. The maximum atomic E-state index is 12.9. The van der Waals surface area contributed by atoms with Crippen molar-refractivity contribution >= 4 is 22.4 Å². The summed E-state index contributed by atoms with van der Waals surface area (Å²) < 4.78 is 0. The van der Waals surface area contributed by atoms with Crippen LogP contribution in [0, 0.1) is 12.8 Å². The molecule has 2 saturated heterocycles. The molecule has 1 N–H and O–H groups in total. The summed E-state index contributed by atoms with van der Waals surface area (Å²) in [5.41, 5.74) is 1.07. The van der Waals surface area contributed by atoms with Gasteiger partial charge in [0.1, 0.15) is 0 Å². The number of carbonyl (C=O) groups excluding carboxylic acids is 1. The molecule has 3 heterocycles. The van der Waals surface area contributed by atoms with E-state index in [1.807, 2.05) is 18.7 Å². The van der Waals surface area contributed by atoms with Gasteiger partial charge >= 0.3 is 0 Å². The number of aliphatic hydroxyl groups excluding tert-OH is 1. The molecular weight excluding hydrogens is 310 g/mol. The highest BCUT2D eigenvalue weighted by molar-refractivity contribution is 7.13. The molecule has 2 aliphatic rings. The summed E-state index contributed by atoms with van der Waals surface area (Å²) in [6, 6.07) is 0.238. The highest BCUT2D eigenvalue weighted by atomic mass is 32.1. The predicted molar refractivity (Wildman–Crippen MR) is 92.8 cm³/mol. The minimum Gasteiger partial charge on any atom is -0.393 e. The SMILES string of the molecule is Cc1csc(N2CCC(C(=O)N3CCCC3CC(C)O)CC2)n1. The first kappa shape index (κ1) is 16.7. The van der Waals surface area contributed by atoms with Gasteiger partial charge in [0.15, 0.2) is 5.13 Å². The molecule has 2 fully saturated rings. The van der Waals surface area contributed by atoms with Crippen molar-refractivity contribution in [2.75, 3.05) is 24.5 Å². The summed E-state index contributed by atoms with van der Waals surface area (Å²) in [5, 5.41) is 12.8. The minimum atomic E-state index is -0.330. The van der Waals surface area contributed by atoms with Crippen LogP contribution in [-0.2, 0) is 4.79 Å². The van der Waals surface area contributed by atoms with E-state index in [4.69, 9.17) is 0 Å². The second-order valence-corrected chi connectivity index (χ2v) is 7.78. The van der Waals surface area contributed by atoms with Gasteiger partial charge in [-0.15, -0.1) is 11.3 Å². The molecule has 0 aliphatic carbocycles. The van der Waals surface area contributed by atoms with Crippen molar-refractivity contribution in [1.29, 1.82) is 0 Å². The molecule has 5 nitrogen and oxygen atoms in total. The van der Waals surface area contributed by atoms with E-state index in [-0.39, 0.29) is 18.1 Å². The number of rotatable bonds is 4. The largest absolute Gasteiger partial charge is 0.393 e. The average molecular weight is 337 g/mol. The van der Waals surface area contributed by atoms with Crippen LogP contribution < -0.4 is 4.90 Å². The number of aryl methyl sites for hydroxylation is 1. The van der Waals surface area contributed by atoms with E-state index in [2.05, 4.69) is 15.3 Å². The molecule has 1 aromatic rings. The molecule has 6 heteroatoms. The first-order valence-electron chi connectivity index (χ1n) is 8.70. The zero-order chi connectivity index (χ0) is 16.4. The molecule has 2 aliphatic heterocycles. The lowest BCUT2D eigenvalue weighted by Crippen LogP contribution is -2.45. The van der Waals surface area contributed by atoms with Crippen LogP contribution in [0.5, 0.6) is 0 Å². The zero-order valence-electron chi connectivity index (χ0n) is 14.1. The average Bonchev–Trinajstić information content (AvgIpc) is 3.15. The number of piperidine rings is 1. The Hall–Kier alpha value is -1.14. The third-order valence-electron chi connectivity index (χ3n) is 5.00. The number of anilines is 1. The number of carbonyl (C=O) groups is 1. The van der Waals surface area contributed by atoms with E-state index >= 15 is 0 Å². The summed E-state index contributed by atoms with van der Waals surface area (Å²) in [6.07, 6.45) is 4.31. The van der Waals surface area contributed by atoms with Gasteiger partial charge in [-0.1, -0.05) is 0 Å². The second-order valence-electron chi connectivity index (χ2n) is 6.95. The molecule has 3 rings (SSSR count). The molecule has 2 atom stereocenters. The van der Waals surface area contributed by atoms with E-state index < -0.39 is 0 Å². The number of likely N-dealkylation sites (tertiary alicyclic amines) is 1. The van der Waals surface area contributed by atoms with Gasteiger partial charge in [-0.2, -0.15) is 0 Å². The number of aliphatic hydroxyl groups is 1. The number of thiazole rings is 1. The van der Waals surface area contributed by atoms with Gasteiger partial charge in [0, 0.05) is 37.0 Å². The Morgan fingerprint density at radius 3 is 2.74 bits per heavy atom. The fourth-order valence-electron chi connectivity index (χ4n) is 3.80. The van der Waals surface area contributed by atoms with Crippen LogP contribution >= 0.6 is 11.3 Å². The van der Waals surface area contributed by atoms with Crippen LogP contribution in [0.4, 0.5) is 5.13 Å². The van der Waals surface area contributed by atoms with E-state index in [0.717, 1.165) is 56.1 Å². The van der Waals surface area contributed by atoms with Gasteiger partial charge in [0.2, 0.25) is 5.91 Å². The van der Waals surface area contributed by atoms with Crippen LogP contribution in [-0.4, -0.2) is 52.7 Å². The van der Waals surface area contributed by atoms with Crippen LogP contribution in [0.3, 0.4) is 0 Å². The summed E-state index contributed by atoms with van der Waals surface area (Å²) in [5.74, 6) is 0.449. The molecule has 1 amide bonds. The summed E-state index contributed by atoms with van der Waals surface area (Å²) in [4.78, 5) is 21.7. The standard InChI is InChI=1S/C17H27N3O2S/c1-12-11-23-17(18-12)19-8-5-14(6-9-19)16(22)20-7-3-4-15(20)10-13(2)21/h11,13-15,21H,3-10H2,1-2H3.